The lowest BCUT2D eigenvalue weighted by atomic mass is 10.1. The number of nitrogens with two attached hydrogens (primary N) is 1. The number of rotatable bonds is 8. The molecule has 3 amide bonds. The molecule has 0 aliphatic heterocycles. The Morgan fingerprint density at radius 2 is 2.04 bits per heavy atom. The maximum Gasteiger partial charge on any atom is 0.312 e. The molecule has 1 aromatic rings. The van der Waals surface area contributed by atoms with Crippen molar-refractivity contribution >= 4 is 11.9 Å². The number of hydrogen-bond donors (Lipinski definition) is 3. The molecule has 7 nitrogen and oxygen atoms in total. The van der Waals surface area contributed by atoms with E-state index >= 15 is 0 Å². The van der Waals surface area contributed by atoms with E-state index in [-0.39, 0.29) is 12.5 Å². The van der Waals surface area contributed by atoms with Gasteiger partial charge in [0.25, 0.3) is 0 Å². The van der Waals surface area contributed by atoms with Crippen molar-refractivity contribution in [2.24, 2.45) is 5.73 Å². The van der Waals surface area contributed by atoms with Gasteiger partial charge in [-0.3, -0.25) is 4.79 Å². The third-order valence-electron chi connectivity index (χ3n) is 3.20. The average Bonchev–Trinajstić information content (AvgIpc) is 2.51. The summed E-state index contributed by atoms with van der Waals surface area (Å²) < 4.78 is 10.7. The minimum Gasteiger partial charge on any atom is -0.493 e. The molecule has 0 saturated carbocycles. The minimum absolute atomic E-state index is 0.286. The highest BCUT2D eigenvalue weighted by atomic mass is 16.5. The number of benzene rings is 1. The zero-order valence-corrected chi connectivity index (χ0v) is 13.6. The summed E-state index contributed by atoms with van der Waals surface area (Å²) >= 11 is 0. The SMILES string of the molecule is C=CCc1cc(CNC(=O)[C@@H](C)NC(N)=O)cc(OC)c1OC. The van der Waals surface area contributed by atoms with Gasteiger partial charge in [0, 0.05) is 12.1 Å². The molecule has 0 saturated heterocycles. The number of ether oxygens (including phenoxy) is 2. The van der Waals surface area contributed by atoms with Gasteiger partial charge in [0.2, 0.25) is 5.91 Å². The Morgan fingerprint density at radius 3 is 2.57 bits per heavy atom. The van der Waals surface area contributed by atoms with Crippen LogP contribution in [0.2, 0.25) is 0 Å². The number of primary amides is 1. The molecule has 1 atom stereocenters. The zero-order chi connectivity index (χ0) is 17.4. The first-order valence-electron chi connectivity index (χ1n) is 7.11. The molecule has 0 bridgehead atoms. The predicted octanol–water partition coefficient (Wildman–Crippen LogP) is 1.11. The van der Waals surface area contributed by atoms with Gasteiger partial charge in [-0.15, -0.1) is 6.58 Å². The van der Waals surface area contributed by atoms with Gasteiger partial charge in [0.05, 0.1) is 14.2 Å². The Morgan fingerprint density at radius 1 is 1.35 bits per heavy atom. The van der Waals surface area contributed by atoms with Crippen LogP contribution in [0.25, 0.3) is 0 Å². The van der Waals surface area contributed by atoms with Gasteiger partial charge in [-0.25, -0.2) is 4.79 Å². The van der Waals surface area contributed by atoms with Crippen molar-refractivity contribution in [3.63, 3.8) is 0 Å². The summed E-state index contributed by atoms with van der Waals surface area (Å²) in [5.41, 5.74) is 6.75. The van der Waals surface area contributed by atoms with Gasteiger partial charge in [0.15, 0.2) is 11.5 Å². The van der Waals surface area contributed by atoms with Crippen LogP contribution in [0.5, 0.6) is 11.5 Å². The molecular formula is C16H23N3O4. The Kier molecular flexibility index (Phi) is 6.92. The topological polar surface area (TPSA) is 103 Å². The number of methoxy groups -OCH3 is 2. The standard InChI is InChI=1S/C16H23N3O4/c1-5-6-12-7-11(8-13(22-3)14(12)23-4)9-18-15(20)10(2)19-16(17)21/h5,7-8,10H,1,6,9H2,2-4H3,(H,18,20)(H3,17,19,21)/t10-/m1/s1. The van der Waals surface area contributed by atoms with Crippen LogP contribution in [0.1, 0.15) is 18.1 Å². The third-order valence-corrected chi connectivity index (χ3v) is 3.20. The number of nitrogens with one attached hydrogen (secondary N) is 2. The van der Waals surface area contributed by atoms with E-state index < -0.39 is 12.1 Å². The lowest BCUT2D eigenvalue weighted by Crippen LogP contribution is -2.46. The van der Waals surface area contributed by atoms with E-state index in [4.69, 9.17) is 15.2 Å². The van der Waals surface area contributed by atoms with Crippen molar-refractivity contribution in [3.8, 4) is 11.5 Å². The number of carbonyl (C=O) groups is 2. The van der Waals surface area contributed by atoms with Crippen molar-refractivity contribution < 1.29 is 19.1 Å². The Labute approximate surface area is 135 Å². The first-order chi connectivity index (χ1) is 10.9. The summed E-state index contributed by atoms with van der Waals surface area (Å²) in [5, 5.41) is 5.05. The highest BCUT2D eigenvalue weighted by Gasteiger charge is 2.15. The van der Waals surface area contributed by atoms with Crippen LogP contribution >= 0.6 is 0 Å². The zero-order valence-electron chi connectivity index (χ0n) is 13.6. The van der Waals surface area contributed by atoms with Crippen LogP contribution in [-0.2, 0) is 17.8 Å². The van der Waals surface area contributed by atoms with Crippen LogP contribution in [0.15, 0.2) is 24.8 Å². The normalized spacial score (nSPS) is 11.3. The van der Waals surface area contributed by atoms with E-state index in [0.717, 1.165) is 11.1 Å². The van der Waals surface area contributed by atoms with Crippen molar-refractivity contribution in [3.05, 3.63) is 35.9 Å². The molecule has 7 heteroatoms. The van der Waals surface area contributed by atoms with Gasteiger partial charge < -0.3 is 25.8 Å². The second kappa shape index (κ2) is 8.67. The molecule has 23 heavy (non-hydrogen) atoms. The molecule has 0 spiro atoms. The van der Waals surface area contributed by atoms with Crippen molar-refractivity contribution in [2.45, 2.75) is 25.9 Å². The Hall–Kier alpha value is -2.70. The summed E-state index contributed by atoms with van der Waals surface area (Å²) in [6.45, 7) is 5.56. The van der Waals surface area contributed by atoms with Gasteiger partial charge in [0.1, 0.15) is 6.04 Å². The van der Waals surface area contributed by atoms with E-state index in [1.807, 2.05) is 6.07 Å². The quantitative estimate of drug-likeness (QED) is 0.624. The van der Waals surface area contributed by atoms with E-state index in [1.54, 1.807) is 33.3 Å². The van der Waals surface area contributed by atoms with Gasteiger partial charge in [-0.05, 0) is 31.0 Å². The lowest BCUT2D eigenvalue weighted by molar-refractivity contribution is -0.122. The van der Waals surface area contributed by atoms with Gasteiger partial charge >= 0.3 is 6.03 Å². The Bertz CT molecular complexity index is 587. The van der Waals surface area contributed by atoms with E-state index in [2.05, 4.69) is 17.2 Å². The monoisotopic (exact) mass is 321 g/mol. The number of allylic oxidation sites excluding steroid dienone is 1. The van der Waals surface area contributed by atoms with Crippen LogP contribution in [0.4, 0.5) is 4.79 Å². The molecule has 4 N–H and O–H groups in total. The van der Waals surface area contributed by atoms with E-state index in [9.17, 15) is 9.59 Å². The van der Waals surface area contributed by atoms with Gasteiger partial charge in [-0.2, -0.15) is 0 Å². The first kappa shape index (κ1) is 18.3. The van der Waals surface area contributed by atoms with Crippen LogP contribution in [-0.4, -0.2) is 32.2 Å². The molecule has 0 aliphatic carbocycles. The summed E-state index contributed by atoms with van der Waals surface area (Å²) in [6, 6.07) is 2.25. The molecule has 0 aliphatic rings. The second-order valence-electron chi connectivity index (χ2n) is 4.93. The smallest absolute Gasteiger partial charge is 0.312 e. The molecule has 126 valence electrons. The fourth-order valence-electron chi connectivity index (χ4n) is 2.14. The predicted molar refractivity (Wildman–Crippen MR) is 87.5 cm³/mol. The first-order valence-corrected chi connectivity index (χ1v) is 7.11. The summed E-state index contributed by atoms with van der Waals surface area (Å²) in [7, 11) is 3.12. The van der Waals surface area contributed by atoms with Crippen molar-refractivity contribution in [1.82, 2.24) is 10.6 Å². The van der Waals surface area contributed by atoms with E-state index in [1.165, 1.54) is 0 Å². The number of hydrogen-bond acceptors (Lipinski definition) is 4. The van der Waals surface area contributed by atoms with Crippen molar-refractivity contribution in [2.75, 3.05) is 14.2 Å². The van der Waals surface area contributed by atoms with Crippen LogP contribution < -0.4 is 25.8 Å². The Balaban J connectivity index is 2.88. The van der Waals surface area contributed by atoms with Crippen LogP contribution in [0.3, 0.4) is 0 Å². The maximum atomic E-state index is 11.9. The summed E-state index contributed by atoms with van der Waals surface area (Å²) in [6.07, 6.45) is 2.37. The summed E-state index contributed by atoms with van der Waals surface area (Å²) in [4.78, 5) is 22.6. The number of carbonyl (C=O) groups excluding carboxylic acids is 2. The average molecular weight is 321 g/mol. The molecule has 0 aromatic heterocycles. The van der Waals surface area contributed by atoms with E-state index in [0.29, 0.717) is 17.9 Å². The third kappa shape index (κ3) is 5.21. The number of amides is 3. The second-order valence-corrected chi connectivity index (χ2v) is 4.93. The molecule has 1 rings (SSSR count). The molecule has 0 unspecified atom stereocenters. The fourth-order valence-corrected chi connectivity index (χ4v) is 2.14. The van der Waals surface area contributed by atoms with Gasteiger partial charge in [-0.1, -0.05) is 6.08 Å². The highest BCUT2D eigenvalue weighted by molar-refractivity contribution is 5.86. The maximum absolute atomic E-state index is 11.9. The molecule has 0 radical (unpaired) electrons. The van der Waals surface area contributed by atoms with Crippen LogP contribution in [0, 0.1) is 0 Å². The summed E-state index contributed by atoms with van der Waals surface area (Å²) in [5.74, 6) is 0.898. The number of urea groups is 1. The largest absolute Gasteiger partial charge is 0.493 e. The highest BCUT2D eigenvalue weighted by Crippen LogP contribution is 2.33. The minimum atomic E-state index is -0.743. The fraction of sp³-hybridized carbons (Fsp3) is 0.375. The lowest BCUT2D eigenvalue weighted by Gasteiger charge is -2.16. The molecule has 0 fully saturated rings. The van der Waals surface area contributed by atoms with Crippen molar-refractivity contribution in [1.29, 1.82) is 0 Å². The molecule has 1 aromatic carbocycles. The molecular weight excluding hydrogens is 298 g/mol. The molecule has 0 heterocycles.